The third kappa shape index (κ3) is 4.63. The van der Waals surface area contributed by atoms with Gasteiger partial charge in [-0.3, -0.25) is 14.7 Å². The maximum absolute atomic E-state index is 14.1. The van der Waals surface area contributed by atoms with Crippen molar-refractivity contribution in [2.24, 2.45) is 0 Å². The van der Waals surface area contributed by atoms with Crippen LogP contribution in [0, 0.1) is 12.7 Å². The van der Waals surface area contributed by atoms with E-state index in [9.17, 15) is 9.18 Å². The Morgan fingerprint density at radius 2 is 1.97 bits per heavy atom. The Balaban J connectivity index is 1.60. The molecule has 0 aliphatic carbocycles. The maximum atomic E-state index is 14.1. The van der Waals surface area contributed by atoms with Crippen molar-refractivity contribution in [2.45, 2.75) is 18.4 Å². The number of rotatable bonds is 6. The first-order valence-electron chi connectivity index (χ1n) is 9.04. The molecule has 0 atom stereocenters. The highest BCUT2D eigenvalue weighted by molar-refractivity contribution is 8.00. The number of hydrogen-bond acceptors (Lipinski definition) is 5. The Bertz CT molecular complexity index is 1130. The van der Waals surface area contributed by atoms with Gasteiger partial charge >= 0.3 is 0 Å². The fourth-order valence-corrected chi connectivity index (χ4v) is 4.58. The number of carbonyl (C=O) groups is 1. The zero-order valence-electron chi connectivity index (χ0n) is 15.7. The Morgan fingerprint density at radius 3 is 2.69 bits per heavy atom. The second kappa shape index (κ2) is 8.71. The van der Waals surface area contributed by atoms with Gasteiger partial charge < -0.3 is 0 Å². The molecule has 0 saturated heterocycles. The summed E-state index contributed by atoms with van der Waals surface area (Å²) in [5.74, 6) is -0.200. The van der Waals surface area contributed by atoms with Gasteiger partial charge in [0.2, 0.25) is 5.91 Å². The van der Waals surface area contributed by atoms with Crippen LogP contribution in [0.15, 0.2) is 71.9 Å². The molecular formula is C22H18FN3OS2. The first-order chi connectivity index (χ1) is 14.1. The number of hydrogen-bond donors (Lipinski definition) is 0. The number of carbonyl (C=O) groups excluding carboxylic acids is 1. The van der Waals surface area contributed by atoms with Crippen LogP contribution in [-0.4, -0.2) is 21.6 Å². The molecule has 2 aromatic heterocycles. The summed E-state index contributed by atoms with van der Waals surface area (Å²) in [6.07, 6.45) is 3.41. The summed E-state index contributed by atoms with van der Waals surface area (Å²) in [5.41, 5.74) is 2.36. The fourth-order valence-electron chi connectivity index (χ4n) is 2.81. The topological polar surface area (TPSA) is 46.1 Å². The molecule has 4 aromatic rings. The van der Waals surface area contributed by atoms with Gasteiger partial charge in [-0.25, -0.2) is 9.37 Å². The molecule has 0 radical (unpaired) electrons. The standard InChI is InChI=1S/C22H18FN3OS2/c1-15-7-9-17(10-8-15)28-14-20(27)26(13-16-4-3-11-24-12-16)22-25-21-18(23)5-2-6-19(21)29-22/h2-12H,13-14H2,1H3. The minimum Gasteiger partial charge on any atom is -0.283 e. The van der Waals surface area contributed by atoms with Crippen molar-refractivity contribution in [3.05, 3.63) is 83.9 Å². The average Bonchev–Trinajstić information content (AvgIpc) is 3.17. The van der Waals surface area contributed by atoms with E-state index >= 15 is 0 Å². The second-order valence-electron chi connectivity index (χ2n) is 6.53. The molecule has 2 aromatic carbocycles. The van der Waals surface area contributed by atoms with Crippen LogP contribution in [0.25, 0.3) is 10.2 Å². The van der Waals surface area contributed by atoms with Gasteiger partial charge in [-0.15, -0.1) is 11.8 Å². The number of thioether (sulfide) groups is 1. The number of amides is 1. The molecular weight excluding hydrogens is 405 g/mol. The zero-order valence-corrected chi connectivity index (χ0v) is 17.3. The normalized spacial score (nSPS) is 11.0. The zero-order chi connectivity index (χ0) is 20.2. The summed E-state index contributed by atoms with van der Waals surface area (Å²) >= 11 is 2.79. The minimum absolute atomic E-state index is 0.0844. The van der Waals surface area contributed by atoms with Gasteiger partial charge in [0.05, 0.1) is 17.0 Å². The van der Waals surface area contributed by atoms with Crippen molar-refractivity contribution >= 4 is 44.4 Å². The number of benzene rings is 2. The summed E-state index contributed by atoms with van der Waals surface area (Å²) in [6, 6.07) is 16.6. The fraction of sp³-hybridized carbons (Fsp3) is 0.136. The quantitative estimate of drug-likeness (QED) is 0.386. The molecule has 0 aliphatic rings. The number of nitrogens with zero attached hydrogens (tertiary/aromatic N) is 3. The number of thiazole rings is 1. The summed E-state index contributed by atoms with van der Waals surface area (Å²) in [4.78, 5) is 24.3. The number of fused-ring (bicyclic) bond motifs is 1. The SMILES string of the molecule is Cc1ccc(SCC(=O)N(Cc2cccnc2)c2nc3c(F)cccc3s2)cc1. The first kappa shape index (κ1) is 19.5. The Labute approximate surface area is 176 Å². The van der Waals surface area contributed by atoms with Crippen LogP contribution in [0.5, 0.6) is 0 Å². The Kier molecular flexibility index (Phi) is 5.87. The molecule has 1 amide bonds. The molecule has 146 valence electrons. The van der Waals surface area contributed by atoms with E-state index in [2.05, 4.69) is 9.97 Å². The van der Waals surface area contributed by atoms with Crippen molar-refractivity contribution in [1.29, 1.82) is 0 Å². The number of halogens is 1. The summed E-state index contributed by atoms with van der Waals surface area (Å²) in [6.45, 7) is 2.37. The monoisotopic (exact) mass is 423 g/mol. The van der Waals surface area contributed by atoms with E-state index in [1.807, 2.05) is 49.4 Å². The van der Waals surface area contributed by atoms with E-state index in [-0.39, 0.29) is 17.5 Å². The molecule has 7 heteroatoms. The van der Waals surface area contributed by atoms with Gasteiger partial charge in [-0.05, 0) is 42.8 Å². The Morgan fingerprint density at radius 1 is 1.14 bits per heavy atom. The number of para-hydroxylation sites is 1. The molecule has 29 heavy (non-hydrogen) atoms. The lowest BCUT2D eigenvalue weighted by Crippen LogP contribution is -2.31. The second-order valence-corrected chi connectivity index (χ2v) is 8.58. The summed E-state index contributed by atoms with van der Waals surface area (Å²) in [7, 11) is 0. The lowest BCUT2D eigenvalue weighted by molar-refractivity contribution is -0.116. The van der Waals surface area contributed by atoms with E-state index in [0.717, 1.165) is 15.2 Å². The Hall–Kier alpha value is -2.77. The lowest BCUT2D eigenvalue weighted by Gasteiger charge is -2.19. The van der Waals surface area contributed by atoms with Crippen molar-refractivity contribution in [3.8, 4) is 0 Å². The van der Waals surface area contributed by atoms with Crippen LogP contribution < -0.4 is 4.90 Å². The molecule has 0 fully saturated rings. The molecule has 0 spiro atoms. The molecule has 0 aliphatic heterocycles. The van der Waals surface area contributed by atoms with Gasteiger partial charge in [0.15, 0.2) is 5.13 Å². The highest BCUT2D eigenvalue weighted by Crippen LogP contribution is 2.32. The van der Waals surface area contributed by atoms with Crippen molar-refractivity contribution in [1.82, 2.24) is 9.97 Å². The first-order valence-corrected chi connectivity index (χ1v) is 10.8. The highest BCUT2D eigenvalue weighted by Gasteiger charge is 2.21. The van der Waals surface area contributed by atoms with Crippen molar-refractivity contribution < 1.29 is 9.18 Å². The van der Waals surface area contributed by atoms with Crippen molar-refractivity contribution in [2.75, 3.05) is 10.7 Å². The van der Waals surface area contributed by atoms with Crippen LogP contribution in [0.2, 0.25) is 0 Å². The predicted molar refractivity (Wildman–Crippen MR) is 117 cm³/mol. The van der Waals surface area contributed by atoms with Crippen LogP contribution in [0.1, 0.15) is 11.1 Å². The van der Waals surface area contributed by atoms with Gasteiger partial charge in [-0.1, -0.05) is 41.2 Å². The van der Waals surface area contributed by atoms with Crippen LogP contribution in [0.4, 0.5) is 9.52 Å². The average molecular weight is 424 g/mol. The number of aromatic nitrogens is 2. The molecule has 4 nitrogen and oxygen atoms in total. The van der Waals surface area contributed by atoms with Gasteiger partial charge in [-0.2, -0.15) is 0 Å². The highest BCUT2D eigenvalue weighted by atomic mass is 32.2. The molecule has 2 heterocycles. The van der Waals surface area contributed by atoms with E-state index in [0.29, 0.717) is 17.2 Å². The van der Waals surface area contributed by atoms with E-state index in [1.165, 1.54) is 34.7 Å². The smallest absolute Gasteiger partial charge is 0.239 e. The summed E-state index contributed by atoms with van der Waals surface area (Å²) < 4.78 is 14.8. The third-order valence-corrected chi connectivity index (χ3v) is 6.38. The van der Waals surface area contributed by atoms with Gasteiger partial charge in [0, 0.05) is 17.3 Å². The lowest BCUT2D eigenvalue weighted by atomic mass is 10.2. The number of aryl methyl sites for hydroxylation is 1. The number of anilines is 1. The van der Waals surface area contributed by atoms with Crippen molar-refractivity contribution in [3.63, 3.8) is 0 Å². The van der Waals surface area contributed by atoms with E-state index in [4.69, 9.17) is 0 Å². The van der Waals surface area contributed by atoms with Crippen LogP contribution in [-0.2, 0) is 11.3 Å². The molecule has 4 rings (SSSR count). The van der Waals surface area contributed by atoms with Crippen LogP contribution in [0.3, 0.4) is 0 Å². The minimum atomic E-state index is -0.382. The van der Waals surface area contributed by atoms with Crippen LogP contribution >= 0.6 is 23.1 Å². The van der Waals surface area contributed by atoms with E-state index in [1.54, 1.807) is 23.4 Å². The molecule has 0 bridgehead atoms. The largest absolute Gasteiger partial charge is 0.283 e. The molecule has 0 unspecified atom stereocenters. The van der Waals surface area contributed by atoms with Gasteiger partial charge in [0.25, 0.3) is 0 Å². The van der Waals surface area contributed by atoms with Gasteiger partial charge in [0.1, 0.15) is 11.3 Å². The molecule has 0 N–H and O–H groups in total. The summed E-state index contributed by atoms with van der Waals surface area (Å²) in [5, 5.41) is 0.489. The molecule has 0 saturated carbocycles. The van der Waals surface area contributed by atoms with E-state index < -0.39 is 0 Å². The predicted octanol–water partition coefficient (Wildman–Crippen LogP) is 5.46. The third-order valence-electron chi connectivity index (χ3n) is 4.34. The number of pyridine rings is 1. The maximum Gasteiger partial charge on any atom is 0.239 e.